The third kappa shape index (κ3) is 3.58. The lowest BCUT2D eigenvalue weighted by atomic mass is 9.78. The Morgan fingerprint density at radius 1 is 1.29 bits per heavy atom. The van der Waals surface area contributed by atoms with Crippen LogP contribution in [0.15, 0.2) is 33.6 Å². The van der Waals surface area contributed by atoms with Gasteiger partial charge in [-0.3, -0.25) is 4.79 Å². The number of fused-ring (bicyclic) bond motifs is 1. The summed E-state index contributed by atoms with van der Waals surface area (Å²) in [5.41, 5.74) is 1.06. The van der Waals surface area contributed by atoms with Crippen molar-refractivity contribution in [2.45, 2.75) is 37.3 Å². The minimum atomic E-state index is 0.0499. The summed E-state index contributed by atoms with van der Waals surface area (Å²) in [4.78, 5) is 19.0. The number of thiazole rings is 1. The van der Waals surface area contributed by atoms with Crippen LogP contribution >= 0.6 is 39.0 Å². The Balaban J connectivity index is 1.73. The molecule has 1 heterocycles. The van der Waals surface area contributed by atoms with E-state index < -0.39 is 0 Å². The number of halogens is 1. The summed E-state index contributed by atoms with van der Waals surface area (Å²) in [5, 5.41) is 1.05. The van der Waals surface area contributed by atoms with Gasteiger partial charge in [-0.15, -0.1) is 23.1 Å². The van der Waals surface area contributed by atoms with Crippen molar-refractivity contribution in [2.75, 3.05) is 0 Å². The van der Waals surface area contributed by atoms with E-state index >= 15 is 0 Å². The number of thioether (sulfide) groups is 1. The second kappa shape index (κ2) is 5.86. The van der Waals surface area contributed by atoms with E-state index in [2.05, 4.69) is 41.9 Å². The predicted octanol–water partition coefficient (Wildman–Crippen LogP) is 5.35. The lowest BCUT2D eigenvalue weighted by Crippen LogP contribution is -2.25. The summed E-state index contributed by atoms with van der Waals surface area (Å²) in [6.07, 6.45) is 1.55. The number of aromatic nitrogens is 1. The Morgan fingerprint density at radius 3 is 2.71 bits per heavy atom. The Bertz CT molecular complexity index is 676. The Kier molecular flexibility index (Phi) is 4.26. The van der Waals surface area contributed by atoms with E-state index in [0.717, 1.165) is 32.2 Å². The average Bonchev–Trinajstić information content (AvgIpc) is 2.80. The van der Waals surface area contributed by atoms with E-state index in [1.165, 1.54) is 4.90 Å². The molecule has 0 bridgehead atoms. The van der Waals surface area contributed by atoms with Gasteiger partial charge in [-0.25, -0.2) is 4.98 Å². The maximum absolute atomic E-state index is 12.2. The molecule has 1 aromatic carbocycles. The van der Waals surface area contributed by atoms with E-state index in [-0.39, 0.29) is 11.2 Å². The van der Waals surface area contributed by atoms with Gasteiger partial charge < -0.3 is 0 Å². The van der Waals surface area contributed by atoms with Crippen molar-refractivity contribution >= 4 is 44.8 Å². The summed E-state index contributed by atoms with van der Waals surface area (Å²) >= 11 is 6.78. The molecule has 0 unspecified atom stereocenters. The smallest absolute Gasteiger partial charge is 0.175 e. The minimum Gasteiger partial charge on any atom is -0.293 e. The summed E-state index contributed by atoms with van der Waals surface area (Å²) in [6.45, 7) is 4.28. The first-order valence-electron chi connectivity index (χ1n) is 6.83. The van der Waals surface area contributed by atoms with Crippen LogP contribution in [0.4, 0.5) is 0 Å². The van der Waals surface area contributed by atoms with Crippen LogP contribution in [-0.4, -0.2) is 10.8 Å². The number of rotatable bonds is 3. The van der Waals surface area contributed by atoms with Crippen LogP contribution in [0.2, 0.25) is 0 Å². The van der Waals surface area contributed by atoms with Gasteiger partial charge >= 0.3 is 0 Å². The fourth-order valence-corrected chi connectivity index (χ4v) is 4.68. The van der Waals surface area contributed by atoms with Crippen molar-refractivity contribution in [3.8, 4) is 0 Å². The molecule has 0 radical (unpaired) electrons. The number of carbonyl (C=O) groups excluding carboxylic acids is 1. The third-order valence-electron chi connectivity index (χ3n) is 3.46. The number of ketones is 1. The largest absolute Gasteiger partial charge is 0.293 e. The zero-order valence-electron chi connectivity index (χ0n) is 12.0. The number of nitrogens with zero attached hydrogens (tertiary/aromatic N) is 1. The molecule has 1 aliphatic rings. The monoisotopic (exact) mass is 381 g/mol. The standard InChI is InChI=1S/C16H16BrNOS2/c1-16(2)7-12-15(13(19)8-16)21-14(18-12)9-20-11-5-3-10(17)4-6-11/h3-6H,7-9H2,1-2H3. The first-order chi connectivity index (χ1) is 9.93. The molecule has 0 amide bonds. The number of Topliss-reactive ketones (excluding diaryl/α,β-unsaturated/α-hetero) is 1. The van der Waals surface area contributed by atoms with Gasteiger partial charge in [-0.1, -0.05) is 29.8 Å². The molecule has 110 valence electrons. The number of carbonyl (C=O) groups is 1. The molecular weight excluding hydrogens is 366 g/mol. The van der Waals surface area contributed by atoms with Crippen LogP contribution in [0.25, 0.3) is 0 Å². The molecule has 2 aromatic rings. The maximum Gasteiger partial charge on any atom is 0.175 e. The molecule has 1 aliphatic carbocycles. The van der Waals surface area contributed by atoms with E-state index in [9.17, 15) is 4.79 Å². The first-order valence-corrected chi connectivity index (χ1v) is 9.43. The highest BCUT2D eigenvalue weighted by Gasteiger charge is 2.33. The second-order valence-corrected chi connectivity index (χ2v) is 9.12. The topological polar surface area (TPSA) is 30.0 Å². The molecule has 5 heteroatoms. The SMILES string of the molecule is CC1(C)CC(=O)c2sc(CSc3ccc(Br)cc3)nc2C1. The molecule has 0 saturated carbocycles. The van der Waals surface area contributed by atoms with Crippen molar-refractivity contribution in [3.63, 3.8) is 0 Å². The van der Waals surface area contributed by atoms with Crippen molar-refractivity contribution in [3.05, 3.63) is 44.3 Å². The van der Waals surface area contributed by atoms with E-state index in [1.54, 1.807) is 23.1 Å². The van der Waals surface area contributed by atoms with Gasteiger partial charge in [0.15, 0.2) is 5.78 Å². The van der Waals surface area contributed by atoms with Gasteiger partial charge in [0.05, 0.1) is 16.3 Å². The maximum atomic E-state index is 12.2. The van der Waals surface area contributed by atoms with Crippen molar-refractivity contribution in [2.24, 2.45) is 5.41 Å². The molecule has 0 saturated heterocycles. The molecular formula is C16H16BrNOS2. The van der Waals surface area contributed by atoms with Crippen LogP contribution < -0.4 is 0 Å². The molecule has 2 nitrogen and oxygen atoms in total. The van der Waals surface area contributed by atoms with Crippen molar-refractivity contribution < 1.29 is 4.79 Å². The normalized spacial score (nSPS) is 16.8. The number of hydrogen-bond donors (Lipinski definition) is 0. The van der Waals surface area contributed by atoms with Gasteiger partial charge in [0.1, 0.15) is 5.01 Å². The van der Waals surface area contributed by atoms with Crippen molar-refractivity contribution in [1.82, 2.24) is 4.98 Å². The summed E-state index contributed by atoms with van der Waals surface area (Å²) < 4.78 is 1.09. The lowest BCUT2D eigenvalue weighted by molar-refractivity contribution is 0.0916. The Hall–Kier alpha value is -0.650. The molecule has 0 spiro atoms. The molecule has 0 aliphatic heterocycles. The van der Waals surface area contributed by atoms with Crippen LogP contribution in [0.5, 0.6) is 0 Å². The Labute approximate surface area is 141 Å². The van der Waals surface area contributed by atoms with Crippen LogP contribution in [0.3, 0.4) is 0 Å². The average molecular weight is 382 g/mol. The minimum absolute atomic E-state index is 0.0499. The quantitative estimate of drug-likeness (QED) is 0.670. The van der Waals surface area contributed by atoms with Crippen LogP contribution in [0, 0.1) is 5.41 Å². The molecule has 3 rings (SSSR count). The fraction of sp³-hybridized carbons (Fsp3) is 0.375. The van der Waals surface area contributed by atoms with Gasteiger partial charge in [-0.05, 0) is 36.1 Å². The van der Waals surface area contributed by atoms with E-state index in [1.807, 2.05) is 12.1 Å². The number of hydrogen-bond acceptors (Lipinski definition) is 4. The molecule has 0 N–H and O–H groups in total. The highest BCUT2D eigenvalue weighted by Crippen LogP contribution is 2.38. The predicted molar refractivity (Wildman–Crippen MR) is 92.2 cm³/mol. The molecule has 0 fully saturated rings. The van der Waals surface area contributed by atoms with Gasteiger partial charge in [0.25, 0.3) is 0 Å². The summed E-state index contributed by atoms with van der Waals surface area (Å²) in [6, 6.07) is 8.27. The fourth-order valence-electron chi connectivity index (χ4n) is 2.51. The zero-order chi connectivity index (χ0) is 15.0. The Morgan fingerprint density at radius 2 is 2.00 bits per heavy atom. The zero-order valence-corrected chi connectivity index (χ0v) is 15.2. The molecule has 0 atom stereocenters. The van der Waals surface area contributed by atoms with Crippen LogP contribution in [0.1, 0.15) is 40.6 Å². The van der Waals surface area contributed by atoms with Gasteiger partial charge in [0, 0.05) is 15.8 Å². The van der Waals surface area contributed by atoms with Crippen molar-refractivity contribution in [1.29, 1.82) is 0 Å². The van der Waals surface area contributed by atoms with E-state index in [4.69, 9.17) is 4.98 Å². The third-order valence-corrected chi connectivity index (χ3v) is 6.33. The number of benzene rings is 1. The first kappa shape index (κ1) is 15.3. The highest BCUT2D eigenvalue weighted by atomic mass is 79.9. The van der Waals surface area contributed by atoms with E-state index in [0.29, 0.717) is 6.42 Å². The second-order valence-electron chi connectivity index (χ2n) is 6.07. The summed E-state index contributed by atoms with van der Waals surface area (Å²) in [5.74, 6) is 1.09. The molecule has 1 aromatic heterocycles. The van der Waals surface area contributed by atoms with Crippen LogP contribution in [-0.2, 0) is 12.2 Å². The van der Waals surface area contributed by atoms with Gasteiger partial charge in [-0.2, -0.15) is 0 Å². The lowest BCUT2D eigenvalue weighted by Gasteiger charge is -2.26. The molecule has 21 heavy (non-hydrogen) atoms. The van der Waals surface area contributed by atoms with Gasteiger partial charge in [0.2, 0.25) is 0 Å². The summed E-state index contributed by atoms with van der Waals surface area (Å²) in [7, 11) is 0. The highest BCUT2D eigenvalue weighted by molar-refractivity contribution is 9.10.